The van der Waals surface area contributed by atoms with Crippen LogP contribution in [0.2, 0.25) is 5.15 Å². The van der Waals surface area contributed by atoms with Crippen molar-refractivity contribution >= 4 is 29.1 Å². The molecule has 1 saturated heterocycles. The molecule has 10 heteroatoms. The van der Waals surface area contributed by atoms with Gasteiger partial charge >= 0.3 is 0 Å². The molecule has 2 heterocycles. The lowest BCUT2D eigenvalue weighted by Crippen LogP contribution is -2.45. The fourth-order valence-corrected chi connectivity index (χ4v) is 5.06. The van der Waals surface area contributed by atoms with E-state index < -0.39 is 0 Å². The van der Waals surface area contributed by atoms with E-state index in [-0.39, 0.29) is 22.6 Å². The van der Waals surface area contributed by atoms with Crippen molar-refractivity contribution in [2.24, 2.45) is 5.92 Å². The van der Waals surface area contributed by atoms with E-state index >= 15 is 0 Å². The van der Waals surface area contributed by atoms with Crippen LogP contribution in [0.25, 0.3) is 0 Å². The van der Waals surface area contributed by atoms with Gasteiger partial charge in [0.1, 0.15) is 0 Å². The Morgan fingerprint density at radius 2 is 1.95 bits per heavy atom. The molecule has 0 saturated carbocycles. The van der Waals surface area contributed by atoms with Crippen LogP contribution in [-0.4, -0.2) is 77.7 Å². The number of carbonyl (C=O) groups is 1. The van der Waals surface area contributed by atoms with Gasteiger partial charge in [-0.05, 0) is 57.7 Å². The lowest BCUT2D eigenvalue weighted by atomic mass is 10.0. The molecule has 5 N–H and O–H groups in total. The van der Waals surface area contributed by atoms with Crippen LogP contribution >= 0.6 is 11.6 Å². The van der Waals surface area contributed by atoms with Crippen molar-refractivity contribution in [3.8, 4) is 0 Å². The van der Waals surface area contributed by atoms with E-state index in [2.05, 4.69) is 50.3 Å². The second-order valence-corrected chi connectivity index (χ2v) is 10.6. The molecule has 1 fully saturated rings. The van der Waals surface area contributed by atoms with Crippen LogP contribution in [0, 0.1) is 5.92 Å². The third kappa shape index (κ3) is 10.6. The van der Waals surface area contributed by atoms with E-state index in [1.165, 1.54) is 5.57 Å². The molecule has 2 aliphatic rings. The minimum Gasteiger partial charge on any atom is -0.512 e. The predicted molar refractivity (Wildman–Crippen MR) is 163 cm³/mol. The zero-order valence-corrected chi connectivity index (χ0v) is 25.4. The van der Waals surface area contributed by atoms with Gasteiger partial charge in [0, 0.05) is 45.2 Å². The van der Waals surface area contributed by atoms with Gasteiger partial charge < -0.3 is 26.4 Å². The number of rotatable bonds is 12. The second kappa shape index (κ2) is 17.4. The molecule has 1 aliphatic heterocycles. The highest BCUT2D eigenvalue weighted by molar-refractivity contribution is 6.32. The van der Waals surface area contributed by atoms with Gasteiger partial charge in [-0.3, -0.25) is 9.69 Å². The summed E-state index contributed by atoms with van der Waals surface area (Å²) in [6.07, 6.45) is 10.1. The molecule has 1 amide bonds. The largest absolute Gasteiger partial charge is 0.512 e. The topological polar surface area (TPSA) is 120 Å². The van der Waals surface area contributed by atoms with Gasteiger partial charge in [-0.2, -0.15) is 0 Å². The highest BCUT2D eigenvalue weighted by Crippen LogP contribution is 2.26. The summed E-state index contributed by atoms with van der Waals surface area (Å²) in [5.41, 5.74) is 7.58. The highest BCUT2D eigenvalue weighted by atomic mass is 35.5. The Morgan fingerprint density at radius 1 is 1.23 bits per heavy atom. The molecular formula is C29H50ClN7O2. The fraction of sp³-hybridized carbons (Fsp3) is 0.690. The van der Waals surface area contributed by atoms with Gasteiger partial charge in [-0.15, -0.1) is 0 Å². The summed E-state index contributed by atoms with van der Waals surface area (Å²) >= 11 is 6.51. The zero-order chi connectivity index (χ0) is 28.8. The van der Waals surface area contributed by atoms with Gasteiger partial charge in [0.05, 0.1) is 5.76 Å². The Morgan fingerprint density at radius 3 is 2.62 bits per heavy atom. The molecule has 0 aromatic carbocycles. The molecule has 0 radical (unpaired) electrons. The zero-order valence-electron chi connectivity index (χ0n) is 24.6. The van der Waals surface area contributed by atoms with Crippen LogP contribution in [0.1, 0.15) is 83.6 Å². The lowest BCUT2D eigenvalue weighted by Gasteiger charge is -2.34. The van der Waals surface area contributed by atoms with Crippen LogP contribution < -0.4 is 21.3 Å². The Balaban J connectivity index is 0.00000260. The van der Waals surface area contributed by atoms with Crippen LogP contribution in [0.5, 0.6) is 0 Å². The molecule has 220 valence electrons. The average molecular weight is 564 g/mol. The summed E-state index contributed by atoms with van der Waals surface area (Å²) in [4.78, 5) is 25.7. The monoisotopic (exact) mass is 563 g/mol. The first-order chi connectivity index (χ1) is 18.8. The highest BCUT2D eigenvalue weighted by Gasteiger charge is 2.23. The number of nitrogen functional groups attached to an aromatic ring is 1. The Labute approximate surface area is 240 Å². The Bertz CT molecular complexity index is 961. The van der Waals surface area contributed by atoms with E-state index in [4.69, 9.17) is 17.3 Å². The number of allylic oxidation sites excluding steroid dienone is 3. The second-order valence-electron chi connectivity index (χ2n) is 10.2. The van der Waals surface area contributed by atoms with Crippen molar-refractivity contribution in [2.75, 3.05) is 56.4 Å². The van der Waals surface area contributed by atoms with E-state index in [1.807, 2.05) is 26.8 Å². The average Bonchev–Trinajstić information content (AvgIpc) is 3.14. The molecule has 1 aromatic rings. The molecule has 9 nitrogen and oxygen atoms in total. The Kier molecular flexibility index (Phi) is 14.6. The summed E-state index contributed by atoms with van der Waals surface area (Å²) in [7, 11) is 0. The van der Waals surface area contributed by atoms with E-state index in [0.717, 1.165) is 77.8 Å². The minimum atomic E-state index is -0.368. The lowest BCUT2D eigenvalue weighted by molar-refractivity contribution is 0.0951. The number of amides is 1. The van der Waals surface area contributed by atoms with Crippen LogP contribution in [-0.2, 0) is 0 Å². The molecular weight excluding hydrogens is 514 g/mol. The van der Waals surface area contributed by atoms with Gasteiger partial charge in [0.25, 0.3) is 5.91 Å². The molecule has 0 bridgehead atoms. The summed E-state index contributed by atoms with van der Waals surface area (Å²) in [5.74, 6) is 1.19. The SMILES string of the molecule is CC.CCNC(=O)c1nc(Cl)c(N(CCNC2CCN(CC3=CC=C(O)CCC3)CC2)CC(C)CC)nc1N. The molecule has 1 atom stereocenters. The van der Waals surface area contributed by atoms with Crippen molar-refractivity contribution in [1.29, 1.82) is 0 Å². The quantitative estimate of drug-likeness (QED) is 0.282. The minimum absolute atomic E-state index is 0.0661. The number of likely N-dealkylation sites (tertiary alicyclic amines) is 1. The van der Waals surface area contributed by atoms with Gasteiger partial charge in [0.2, 0.25) is 0 Å². The number of hydrogen-bond donors (Lipinski definition) is 4. The van der Waals surface area contributed by atoms with E-state index in [9.17, 15) is 9.90 Å². The number of aromatic nitrogens is 2. The predicted octanol–water partition coefficient (Wildman–Crippen LogP) is 4.95. The smallest absolute Gasteiger partial charge is 0.273 e. The van der Waals surface area contributed by atoms with E-state index in [0.29, 0.717) is 30.1 Å². The molecule has 1 unspecified atom stereocenters. The summed E-state index contributed by atoms with van der Waals surface area (Å²) in [5, 5.41) is 16.4. The Hall–Kier alpha value is -2.36. The summed E-state index contributed by atoms with van der Waals surface area (Å²) < 4.78 is 0. The normalized spacial score (nSPS) is 17.3. The molecule has 0 spiro atoms. The number of halogens is 1. The maximum atomic E-state index is 12.2. The number of hydrogen-bond acceptors (Lipinski definition) is 8. The first-order valence-electron chi connectivity index (χ1n) is 14.7. The molecule has 1 aliphatic carbocycles. The van der Waals surface area contributed by atoms with Gasteiger partial charge in [-0.25, -0.2) is 9.97 Å². The number of carbonyl (C=O) groups excluding carboxylic acids is 1. The number of anilines is 2. The van der Waals surface area contributed by atoms with Crippen LogP contribution in [0.4, 0.5) is 11.6 Å². The van der Waals surface area contributed by atoms with E-state index in [1.54, 1.807) is 0 Å². The van der Waals surface area contributed by atoms with Crippen molar-refractivity contribution in [1.82, 2.24) is 25.5 Å². The maximum Gasteiger partial charge on any atom is 0.273 e. The molecule has 39 heavy (non-hydrogen) atoms. The summed E-state index contributed by atoms with van der Waals surface area (Å²) in [6.45, 7) is 16.1. The van der Waals surface area contributed by atoms with Gasteiger partial charge in [0.15, 0.2) is 22.5 Å². The van der Waals surface area contributed by atoms with Crippen molar-refractivity contribution in [2.45, 2.75) is 79.2 Å². The fourth-order valence-electron chi connectivity index (χ4n) is 4.82. The summed E-state index contributed by atoms with van der Waals surface area (Å²) in [6, 6.07) is 0.473. The van der Waals surface area contributed by atoms with Crippen molar-refractivity contribution < 1.29 is 9.90 Å². The molecule has 3 rings (SSSR count). The third-order valence-corrected chi connectivity index (χ3v) is 7.47. The maximum absolute atomic E-state index is 12.2. The van der Waals surface area contributed by atoms with Gasteiger partial charge in [-0.1, -0.05) is 57.4 Å². The standard InChI is InChI=1S/C27H44ClN7O2.C2H6/c1-4-19(3)17-35(26-24(28)32-23(25(29)33-26)27(37)30-5-2)16-13-31-21-11-14-34(15-12-21)18-20-7-6-8-22(36)10-9-20;1-2/h9-10,19,21,31,36H,4-8,11-18H2,1-3H3,(H2,29,33)(H,30,37);1-2H3. The number of nitrogens with two attached hydrogens (primary N) is 1. The number of aliphatic hydroxyl groups excluding tert-OH is 1. The number of aliphatic hydroxyl groups is 1. The van der Waals surface area contributed by atoms with Crippen molar-refractivity contribution in [3.63, 3.8) is 0 Å². The van der Waals surface area contributed by atoms with Crippen LogP contribution in [0.3, 0.4) is 0 Å². The van der Waals surface area contributed by atoms with Crippen LogP contribution in [0.15, 0.2) is 23.5 Å². The number of nitrogens with zero attached hydrogens (tertiary/aromatic N) is 4. The van der Waals surface area contributed by atoms with Crippen molar-refractivity contribution in [3.05, 3.63) is 34.3 Å². The number of piperidine rings is 1. The molecule has 1 aromatic heterocycles. The first kappa shape index (κ1) is 32.8. The third-order valence-electron chi connectivity index (χ3n) is 7.22. The first-order valence-corrected chi connectivity index (χ1v) is 15.1. The number of nitrogens with one attached hydrogen (secondary N) is 2.